The van der Waals surface area contributed by atoms with Gasteiger partial charge in [-0.15, -0.1) is 0 Å². The molecule has 0 radical (unpaired) electrons. The molecule has 2 saturated carbocycles. The Labute approximate surface area is 195 Å². The van der Waals surface area contributed by atoms with Crippen LogP contribution in [-0.4, -0.2) is 6.67 Å². The molecule has 5 rings (SSSR count). The van der Waals surface area contributed by atoms with Gasteiger partial charge >= 0.3 is 0 Å². The minimum atomic E-state index is 0.741. The molecule has 1 aromatic rings. The minimum Gasteiger partial charge on any atom is -0.279 e. The summed E-state index contributed by atoms with van der Waals surface area (Å²) in [6, 6.07) is 7.39. The van der Waals surface area contributed by atoms with Crippen LogP contribution in [0.15, 0.2) is 18.2 Å². The van der Waals surface area contributed by atoms with E-state index in [9.17, 15) is 0 Å². The second-order valence-electron chi connectivity index (χ2n) is 11.1. The first kappa shape index (κ1) is 22.6. The van der Waals surface area contributed by atoms with Crippen molar-refractivity contribution in [3.63, 3.8) is 0 Å². The average Bonchev–Trinajstić information content (AvgIpc) is 2.85. The number of rotatable bonds is 1. The Kier molecular flexibility index (Phi) is 8.01. The van der Waals surface area contributed by atoms with Crippen molar-refractivity contribution in [2.24, 2.45) is 23.7 Å². The predicted octanol–water partition coefficient (Wildman–Crippen LogP) is 5.53. The van der Waals surface area contributed by atoms with Crippen LogP contribution < -0.4 is 27.0 Å². The second-order valence-corrected chi connectivity index (χ2v) is 11.1. The number of nitrogens with one attached hydrogen (secondary N) is 4. The Hall–Kier alpha value is -1.14. The van der Waals surface area contributed by atoms with E-state index < -0.39 is 0 Å². The third-order valence-corrected chi connectivity index (χ3v) is 9.07. The number of fused-ring (bicyclic) bond motifs is 4. The zero-order valence-corrected chi connectivity index (χ0v) is 20.0. The van der Waals surface area contributed by atoms with Crippen molar-refractivity contribution in [3.05, 3.63) is 29.3 Å². The van der Waals surface area contributed by atoms with E-state index in [-0.39, 0.29) is 0 Å². The Morgan fingerprint density at radius 2 is 1.03 bits per heavy atom. The van der Waals surface area contributed by atoms with Crippen LogP contribution in [0.1, 0.15) is 101 Å². The van der Waals surface area contributed by atoms with Crippen molar-refractivity contribution in [1.82, 2.24) is 22.0 Å². The van der Waals surface area contributed by atoms with Gasteiger partial charge in [-0.05, 0) is 72.6 Å². The Bertz CT molecular complexity index is 668. The zero-order chi connectivity index (χ0) is 21.6. The number of aryl methyl sites for hydroxylation is 2. The minimum absolute atomic E-state index is 0.741. The largest absolute Gasteiger partial charge is 0.279 e. The summed E-state index contributed by atoms with van der Waals surface area (Å²) >= 11 is 0. The highest BCUT2D eigenvalue weighted by molar-refractivity contribution is 5.50. The number of hydrogen-bond donors (Lipinski definition) is 4. The van der Waals surface area contributed by atoms with Crippen LogP contribution in [0.4, 0.5) is 5.69 Å². The van der Waals surface area contributed by atoms with Crippen LogP contribution in [0.5, 0.6) is 0 Å². The maximum Gasteiger partial charge on any atom is 0.0992 e. The topological polar surface area (TPSA) is 51.4 Å². The summed E-state index contributed by atoms with van der Waals surface area (Å²) in [7, 11) is 0. The van der Waals surface area contributed by atoms with E-state index in [1.165, 1.54) is 120 Å². The van der Waals surface area contributed by atoms with Crippen molar-refractivity contribution in [2.45, 2.75) is 103 Å². The van der Waals surface area contributed by atoms with E-state index >= 15 is 0 Å². The van der Waals surface area contributed by atoms with Crippen LogP contribution in [0.25, 0.3) is 0 Å². The summed E-state index contributed by atoms with van der Waals surface area (Å²) in [6.07, 6.45) is 23.0. The normalized spacial score (nSPS) is 32.8. The molecule has 32 heavy (non-hydrogen) atoms. The highest BCUT2D eigenvalue weighted by atomic mass is 15.9. The lowest BCUT2D eigenvalue weighted by Crippen LogP contribution is -2.66. The highest BCUT2D eigenvalue weighted by Crippen LogP contribution is 2.40. The molecule has 4 N–H and O–H groups in total. The summed E-state index contributed by atoms with van der Waals surface area (Å²) in [6.45, 7) is 0.741. The number of hydrazine groups is 4. The highest BCUT2D eigenvalue weighted by Gasteiger charge is 2.27. The lowest BCUT2D eigenvalue weighted by molar-refractivity contribution is 0.191. The van der Waals surface area contributed by atoms with Gasteiger partial charge in [0, 0.05) is 0 Å². The Balaban J connectivity index is 1.37. The van der Waals surface area contributed by atoms with Crippen molar-refractivity contribution in [2.75, 3.05) is 11.7 Å². The number of benzene rings is 1. The van der Waals surface area contributed by atoms with Crippen LogP contribution in [-0.2, 0) is 12.8 Å². The standard InChI is InChI=1S/C27H45N5/c1-2-8-24-10-4-6-12-26(24)16-14-22-17-21(13-15-25-11-5-3-9-23(25)7-1)18-27(19-22)32-20-28-29-30-31-32/h17-19,23-26,28-31H,1-16,20H2. The lowest BCUT2D eigenvalue weighted by atomic mass is 9.73. The quantitative estimate of drug-likeness (QED) is 0.463. The van der Waals surface area contributed by atoms with Crippen molar-refractivity contribution in [1.29, 1.82) is 0 Å². The van der Waals surface area contributed by atoms with Gasteiger partial charge in [-0.3, -0.25) is 5.01 Å². The van der Waals surface area contributed by atoms with Crippen molar-refractivity contribution >= 4 is 5.69 Å². The molecule has 0 amide bonds. The van der Waals surface area contributed by atoms with E-state index in [0.29, 0.717) is 0 Å². The molecular weight excluding hydrogens is 394 g/mol. The summed E-state index contributed by atoms with van der Waals surface area (Å²) < 4.78 is 0. The fourth-order valence-electron chi connectivity index (χ4n) is 7.25. The van der Waals surface area contributed by atoms with Crippen LogP contribution in [0.3, 0.4) is 0 Å². The van der Waals surface area contributed by atoms with E-state index in [4.69, 9.17) is 0 Å². The second kappa shape index (κ2) is 11.3. The zero-order valence-electron chi connectivity index (χ0n) is 20.0. The molecule has 1 saturated heterocycles. The van der Waals surface area contributed by atoms with Gasteiger partial charge in [0.05, 0.1) is 12.4 Å². The fraction of sp³-hybridized carbons (Fsp3) is 0.778. The number of nitrogens with zero attached hydrogens (tertiary/aromatic N) is 1. The Morgan fingerprint density at radius 1 is 0.562 bits per heavy atom. The summed E-state index contributed by atoms with van der Waals surface area (Å²) in [4.78, 5) is 0. The maximum absolute atomic E-state index is 3.25. The van der Waals surface area contributed by atoms with Gasteiger partial charge in [0.2, 0.25) is 0 Å². The molecule has 3 fully saturated rings. The molecule has 0 spiro atoms. The van der Waals surface area contributed by atoms with E-state index in [1.807, 2.05) is 0 Å². The molecule has 178 valence electrons. The number of anilines is 1. The summed E-state index contributed by atoms with van der Waals surface area (Å²) in [5, 5.41) is 2.17. The molecule has 1 heterocycles. The average molecular weight is 440 g/mol. The molecule has 4 unspecified atom stereocenters. The Morgan fingerprint density at radius 3 is 1.47 bits per heavy atom. The van der Waals surface area contributed by atoms with E-state index in [1.54, 1.807) is 0 Å². The SMILES string of the molecule is c1c2cc(N3CNNNN3)cc1CCC1CCCCC1CCCCC1CCCCC1CC2. The molecule has 1 aromatic carbocycles. The molecule has 5 nitrogen and oxygen atoms in total. The van der Waals surface area contributed by atoms with Crippen LogP contribution in [0.2, 0.25) is 0 Å². The fourth-order valence-corrected chi connectivity index (χ4v) is 7.25. The molecular formula is C27H45N5. The van der Waals surface area contributed by atoms with Gasteiger partial charge in [-0.2, -0.15) is 16.6 Å². The maximum atomic E-state index is 3.25. The first-order valence-electron chi connectivity index (χ1n) is 13.7. The molecule has 3 aliphatic carbocycles. The molecule has 1 aliphatic heterocycles. The van der Waals surface area contributed by atoms with Crippen LogP contribution >= 0.6 is 0 Å². The van der Waals surface area contributed by atoms with Gasteiger partial charge in [0.1, 0.15) is 0 Å². The van der Waals surface area contributed by atoms with Crippen molar-refractivity contribution in [3.8, 4) is 0 Å². The lowest BCUT2D eigenvalue weighted by Gasteiger charge is -2.33. The van der Waals surface area contributed by atoms with E-state index in [2.05, 4.69) is 45.2 Å². The number of hydrogen-bond acceptors (Lipinski definition) is 5. The molecule has 4 aliphatic rings. The van der Waals surface area contributed by atoms with Crippen molar-refractivity contribution < 1.29 is 0 Å². The van der Waals surface area contributed by atoms with Gasteiger partial charge in [-0.25, -0.2) is 5.43 Å². The van der Waals surface area contributed by atoms with Gasteiger partial charge in [-0.1, -0.05) is 83.1 Å². The smallest absolute Gasteiger partial charge is 0.0992 e. The molecule has 2 bridgehead atoms. The molecule has 4 atom stereocenters. The van der Waals surface area contributed by atoms with E-state index in [0.717, 1.165) is 30.3 Å². The van der Waals surface area contributed by atoms with Gasteiger partial charge < -0.3 is 0 Å². The first-order chi connectivity index (χ1) is 15.8. The predicted molar refractivity (Wildman–Crippen MR) is 132 cm³/mol. The summed E-state index contributed by atoms with van der Waals surface area (Å²) in [5.74, 6) is 3.87. The third-order valence-electron chi connectivity index (χ3n) is 9.07. The van der Waals surface area contributed by atoms with Crippen LogP contribution in [0, 0.1) is 23.7 Å². The summed E-state index contributed by atoms with van der Waals surface area (Å²) in [5.41, 5.74) is 16.7. The third kappa shape index (κ3) is 5.85. The van der Waals surface area contributed by atoms with Gasteiger partial charge in [0.25, 0.3) is 0 Å². The first-order valence-corrected chi connectivity index (χ1v) is 13.7. The monoisotopic (exact) mass is 439 g/mol. The molecule has 0 aromatic heterocycles. The van der Waals surface area contributed by atoms with Gasteiger partial charge in [0.15, 0.2) is 0 Å². The molecule has 5 heteroatoms.